The second-order valence-corrected chi connectivity index (χ2v) is 9.99. The van der Waals surface area contributed by atoms with E-state index in [1.54, 1.807) is 6.26 Å². The summed E-state index contributed by atoms with van der Waals surface area (Å²) in [7, 11) is 0. The van der Waals surface area contributed by atoms with E-state index >= 15 is 0 Å². The second-order valence-electron chi connectivity index (χ2n) is 9.99. The standard InChI is InChI=1S/C23H36O3/c1-4-19(15-9-12-26-14-15)23(3)11-8-20-18(21(23)25)6-5-16-13-17(24)7-10-22(16,20)2/h9,12,14,16-21,24-25H,4-8,10-11,13H2,1-3H3/t16-,17+,18-,19?,20+,21+,22+,23-/m1/s1. The molecule has 8 atom stereocenters. The van der Waals surface area contributed by atoms with E-state index in [0.717, 1.165) is 38.5 Å². The van der Waals surface area contributed by atoms with Crippen LogP contribution in [0.4, 0.5) is 0 Å². The van der Waals surface area contributed by atoms with Crippen LogP contribution in [0.2, 0.25) is 0 Å². The SMILES string of the molecule is CCC(c1ccoc1)[C@@]1(C)CC[C@H]2[C@@H](CC[C@@H]3C[C@@H](O)CC[C@@]32C)[C@@H]1O. The zero-order valence-corrected chi connectivity index (χ0v) is 16.7. The smallest absolute Gasteiger partial charge is 0.0937 e. The Hall–Kier alpha value is -0.800. The summed E-state index contributed by atoms with van der Waals surface area (Å²) in [6.45, 7) is 7.01. The number of aliphatic hydroxyl groups is 2. The summed E-state index contributed by atoms with van der Waals surface area (Å²) < 4.78 is 5.37. The molecule has 0 amide bonds. The van der Waals surface area contributed by atoms with Gasteiger partial charge < -0.3 is 14.6 Å². The highest BCUT2D eigenvalue weighted by Crippen LogP contribution is 2.63. The molecule has 3 nitrogen and oxygen atoms in total. The minimum atomic E-state index is -0.245. The highest BCUT2D eigenvalue weighted by Gasteiger charge is 2.58. The number of hydrogen-bond acceptors (Lipinski definition) is 3. The van der Waals surface area contributed by atoms with Gasteiger partial charge in [0.15, 0.2) is 0 Å². The van der Waals surface area contributed by atoms with Gasteiger partial charge in [0.05, 0.1) is 24.7 Å². The Labute approximate surface area is 158 Å². The molecule has 4 rings (SSSR count). The molecule has 3 heteroatoms. The zero-order chi connectivity index (χ0) is 18.5. The molecule has 0 radical (unpaired) electrons. The molecule has 0 spiro atoms. The van der Waals surface area contributed by atoms with Crippen molar-refractivity contribution in [3.8, 4) is 0 Å². The molecule has 0 saturated heterocycles. The highest BCUT2D eigenvalue weighted by molar-refractivity contribution is 5.19. The van der Waals surface area contributed by atoms with Crippen molar-refractivity contribution in [3.63, 3.8) is 0 Å². The molecule has 0 aromatic carbocycles. The highest BCUT2D eigenvalue weighted by atomic mass is 16.3. The van der Waals surface area contributed by atoms with Crippen LogP contribution in [0.5, 0.6) is 0 Å². The van der Waals surface area contributed by atoms with Crippen molar-refractivity contribution in [1.29, 1.82) is 0 Å². The Morgan fingerprint density at radius 2 is 1.96 bits per heavy atom. The van der Waals surface area contributed by atoms with Crippen LogP contribution in [-0.4, -0.2) is 22.4 Å². The van der Waals surface area contributed by atoms with Crippen LogP contribution in [-0.2, 0) is 0 Å². The van der Waals surface area contributed by atoms with Gasteiger partial charge in [-0.25, -0.2) is 0 Å². The van der Waals surface area contributed by atoms with Crippen molar-refractivity contribution in [2.24, 2.45) is 28.6 Å². The van der Waals surface area contributed by atoms with Crippen LogP contribution in [0, 0.1) is 28.6 Å². The molecular weight excluding hydrogens is 324 g/mol. The maximum Gasteiger partial charge on any atom is 0.0937 e. The lowest BCUT2D eigenvalue weighted by atomic mass is 9.45. The van der Waals surface area contributed by atoms with Gasteiger partial charge >= 0.3 is 0 Å². The molecule has 2 N–H and O–H groups in total. The van der Waals surface area contributed by atoms with Crippen LogP contribution in [0.3, 0.4) is 0 Å². The van der Waals surface area contributed by atoms with Crippen molar-refractivity contribution in [3.05, 3.63) is 24.2 Å². The summed E-state index contributed by atoms with van der Waals surface area (Å²) in [6, 6.07) is 2.08. The van der Waals surface area contributed by atoms with Crippen LogP contribution in [0.25, 0.3) is 0 Å². The number of furan rings is 1. The number of rotatable bonds is 3. The first-order valence-electron chi connectivity index (χ1n) is 10.8. The quantitative estimate of drug-likeness (QED) is 0.786. The summed E-state index contributed by atoms with van der Waals surface area (Å²) in [6.07, 6.45) is 12.0. The molecule has 0 aliphatic heterocycles. The summed E-state index contributed by atoms with van der Waals surface area (Å²) >= 11 is 0. The van der Waals surface area contributed by atoms with Crippen molar-refractivity contribution in [2.45, 2.75) is 90.3 Å². The van der Waals surface area contributed by atoms with Crippen molar-refractivity contribution >= 4 is 0 Å². The van der Waals surface area contributed by atoms with Gasteiger partial charge in [0.2, 0.25) is 0 Å². The van der Waals surface area contributed by atoms with E-state index in [-0.39, 0.29) is 17.6 Å². The lowest BCUT2D eigenvalue weighted by Gasteiger charge is -2.61. The van der Waals surface area contributed by atoms with Crippen LogP contribution in [0.15, 0.2) is 23.0 Å². The van der Waals surface area contributed by atoms with Gasteiger partial charge in [0.1, 0.15) is 0 Å². The second kappa shape index (κ2) is 6.67. The van der Waals surface area contributed by atoms with Gasteiger partial charge in [-0.2, -0.15) is 0 Å². The third kappa shape index (κ3) is 2.69. The predicted octanol–water partition coefficient (Wildman–Crippen LogP) is 5.13. The van der Waals surface area contributed by atoms with Gasteiger partial charge in [-0.3, -0.25) is 0 Å². The van der Waals surface area contributed by atoms with E-state index in [1.165, 1.54) is 18.4 Å². The first-order valence-corrected chi connectivity index (χ1v) is 10.8. The van der Waals surface area contributed by atoms with Crippen LogP contribution >= 0.6 is 0 Å². The maximum absolute atomic E-state index is 11.6. The minimum absolute atomic E-state index is 0.0723. The monoisotopic (exact) mass is 360 g/mol. The normalized spacial score (nSPS) is 47.0. The van der Waals surface area contributed by atoms with E-state index in [1.807, 2.05) is 6.26 Å². The summed E-state index contributed by atoms with van der Waals surface area (Å²) in [5.41, 5.74) is 1.48. The molecule has 0 bridgehead atoms. The molecule has 3 aliphatic carbocycles. The third-order valence-corrected chi connectivity index (χ3v) is 8.94. The zero-order valence-electron chi connectivity index (χ0n) is 16.7. The van der Waals surface area contributed by atoms with E-state index in [4.69, 9.17) is 4.42 Å². The van der Waals surface area contributed by atoms with Gasteiger partial charge in [0.25, 0.3) is 0 Å². The minimum Gasteiger partial charge on any atom is -0.472 e. The Morgan fingerprint density at radius 1 is 1.15 bits per heavy atom. The summed E-state index contributed by atoms with van der Waals surface area (Å²) in [5.74, 6) is 2.01. The van der Waals surface area contributed by atoms with Crippen molar-refractivity contribution in [1.82, 2.24) is 0 Å². The molecule has 1 aromatic heterocycles. The average Bonchev–Trinajstić information content (AvgIpc) is 3.13. The first-order chi connectivity index (χ1) is 12.4. The fourth-order valence-electron chi connectivity index (χ4n) is 7.38. The molecule has 26 heavy (non-hydrogen) atoms. The third-order valence-electron chi connectivity index (χ3n) is 8.94. The topological polar surface area (TPSA) is 53.6 Å². The van der Waals surface area contributed by atoms with Crippen LogP contribution < -0.4 is 0 Å². The number of aliphatic hydroxyl groups excluding tert-OH is 2. The van der Waals surface area contributed by atoms with Gasteiger partial charge in [0, 0.05) is 5.41 Å². The average molecular weight is 361 g/mol. The summed E-state index contributed by atoms with van der Waals surface area (Å²) in [4.78, 5) is 0. The molecule has 3 saturated carbocycles. The number of hydrogen-bond donors (Lipinski definition) is 2. The Balaban J connectivity index is 1.60. The first kappa shape index (κ1) is 18.6. The predicted molar refractivity (Wildman–Crippen MR) is 103 cm³/mol. The molecule has 146 valence electrons. The van der Waals surface area contributed by atoms with Gasteiger partial charge in [-0.15, -0.1) is 0 Å². The fourth-order valence-corrected chi connectivity index (χ4v) is 7.38. The molecule has 3 aliphatic rings. The van der Waals surface area contributed by atoms with E-state index in [2.05, 4.69) is 26.8 Å². The largest absolute Gasteiger partial charge is 0.472 e. The van der Waals surface area contributed by atoms with Gasteiger partial charge in [-0.05, 0) is 92.1 Å². The molecular formula is C23H36O3. The van der Waals surface area contributed by atoms with E-state index in [9.17, 15) is 10.2 Å². The van der Waals surface area contributed by atoms with Crippen molar-refractivity contribution in [2.75, 3.05) is 0 Å². The summed E-state index contributed by atoms with van der Waals surface area (Å²) in [5, 5.41) is 21.7. The Morgan fingerprint density at radius 3 is 2.65 bits per heavy atom. The van der Waals surface area contributed by atoms with Crippen LogP contribution in [0.1, 0.15) is 83.6 Å². The fraction of sp³-hybridized carbons (Fsp3) is 0.826. The van der Waals surface area contributed by atoms with Crippen molar-refractivity contribution < 1.29 is 14.6 Å². The molecule has 1 heterocycles. The van der Waals surface area contributed by atoms with Gasteiger partial charge in [-0.1, -0.05) is 20.8 Å². The Kier molecular flexibility index (Phi) is 4.76. The molecule has 1 aromatic rings. The lowest BCUT2D eigenvalue weighted by Crippen LogP contribution is -2.57. The Bertz CT molecular complexity index is 611. The van der Waals surface area contributed by atoms with E-state index < -0.39 is 0 Å². The maximum atomic E-state index is 11.6. The number of fused-ring (bicyclic) bond motifs is 3. The lowest BCUT2D eigenvalue weighted by molar-refractivity contribution is -0.161. The molecule has 3 fully saturated rings. The van der Waals surface area contributed by atoms with E-state index in [0.29, 0.717) is 29.1 Å². The molecule has 1 unspecified atom stereocenters.